The molecule has 1 rings (SSSR count). The quantitative estimate of drug-likeness (QED) is 0.787. The van der Waals surface area contributed by atoms with Gasteiger partial charge >= 0.3 is 0 Å². The lowest BCUT2D eigenvalue weighted by Crippen LogP contribution is -2.13. The molecule has 0 aliphatic rings. The van der Waals surface area contributed by atoms with E-state index < -0.39 is 0 Å². The zero-order chi connectivity index (χ0) is 10.7. The maximum atomic E-state index is 13.1. The molecule has 1 nitrogen and oxygen atoms in total. The predicted octanol–water partition coefficient (Wildman–Crippen LogP) is 3.18. The molecule has 1 unspecified atom stereocenters. The summed E-state index contributed by atoms with van der Waals surface area (Å²) in [5.74, 6) is 0.341. The molecule has 1 aromatic carbocycles. The topological polar surface area (TPSA) is 26.0 Å². The van der Waals surface area contributed by atoms with E-state index in [2.05, 4.69) is 13.8 Å². The summed E-state index contributed by atoms with van der Waals surface area (Å²) in [4.78, 5) is 0. The lowest BCUT2D eigenvalue weighted by Gasteiger charge is -2.15. The number of nitrogens with two attached hydrogens (primary N) is 1. The number of hydrogen-bond acceptors (Lipinski definition) is 1. The Balaban J connectivity index is 2.84. The second-order valence-corrected chi connectivity index (χ2v) is 4.30. The molecule has 0 saturated carbocycles. The van der Waals surface area contributed by atoms with E-state index in [1.807, 2.05) is 13.0 Å². The van der Waals surface area contributed by atoms with Gasteiger partial charge in [0.25, 0.3) is 0 Å². The van der Waals surface area contributed by atoms with Gasteiger partial charge in [-0.2, -0.15) is 0 Å². The van der Waals surface area contributed by atoms with Gasteiger partial charge in [0.05, 0.1) is 0 Å². The third kappa shape index (κ3) is 3.11. The van der Waals surface area contributed by atoms with Crippen LogP contribution in [0.3, 0.4) is 0 Å². The van der Waals surface area contributed by atoms with Gasteiger partial charge in [0.1, 0.15) is 5.82 Å². The van der Waals surface area contributed by atoms with Crippen LogP contribution in [0, 0.1) is 18.7 Å². The van der Waals surface area contributed by atoms with E-state index in [1.54, 1.807) is 0 Å². The summed E-state index contributed by atoms with van der Waals surface area (Å²) in [6.07, 6.45) is 0.892. The summed E-state index contributed by atoms with van der Waals surface area (Å²) >= 11 is 0. The molecule has 0 fully saturated rings. The van der Waals surface area contributed by atoms with Crippen LogP contribution in [0.1, 0.15) is 37.4 Å². The van der Waals surface area contributed by atoms with Crippen LogP contribution in [0.5, 0.6) is 0 Å². The first-order chi connectivity index (χ1) is 6.49. The van der Waals surface area contributed by atoms with Crippen LogP contribution in [0.4, 0.5) is 4.39 Å². The van der Waals surface area contributed by atoms with Crippen LogP contribution < -0.4 is 5.73 Å². The standard InChI is InChI=1S/C12H18FN/c1-8(2)4-12(14)10-5-9(3)6-11(13)7-10/h5-8,12H,4,14H2,1-3H3. The zero-order valence-corrected chi connectivity index (χ0v) is 9.05. The van der Waals surface area contributed by atoms with Crippen LogP contribution in [-0.2, 0) is 0 Å². The number of benzene rings is 1. The SMILES string of the molecule is Cc1cc(F)cc(C(N)CC(C)C)c1. The molecule has 0 spiro atoms. The highest BCUT2D eigenvalue weighted by molar-refractivity contribution is 5.25. The van der Waals surface area contributed by atoms with Crippen molar-refractivity contribution in [1.82, 2.24) is 0 Å². The van der Waals surface area contributed by atoms with Crippen molar-refractivity contribution in [2.75, 3.05) is 0 Å². The Morgan fingerprint density at radius 1 is 1.29 bits per heavy atom. The first kappa shape index (κ1) is 11.2. The third-order valence-electron chi connectivity index (χ3n) is 2.22. The summed E-state index contributed by atoms with van der Waals surface area (Å²) in [7, 11) is 0. The van der Waals surface area contributed by atoms with Gasteiger partial charge in [-0.25, -0.2) is 4.39 Å². The van der Waals surface area contributed by atoms with E-state index in [0.29, 0.717) is 5.92 Å². The van der Waals surface area contributed by atoms with Gasteiger partial charge in [0, 0.05) is 6.04 Å². The Bertz CT molecular complexity index is 287. The van der Waals surface area contributed by atoms with Gasteiger partial charge in [-0.3, -0.25) is 0 Å². The molecule has 0 bridgehead atoms. The van der Waals surface area contributed by atoms with Crippen molar-refractivity contribution in [3.05, 3.63) is 35.1 Å². The Labute approximate surface area is 85.1 Å². The number of aryl methyl sites for hydroxylation is 1. The second kappa shape index (κ2) is 4.56. The van der Waals surface area contributed by atoms with Crippen LogP contribution >= 0.6 is 0 Å². The predicted molar refractivity (Wildman–Crippen MR) is 57.5 cm³/mol. The number of halogens is 1. The molecular formula is C12H18FN. The van der Waals surface area contributed by atoms with Gasteiger partial charge in [-0.15, -0.1) is 0 Å². The normalized spacial score (nSPS) is 13.3. The fourth-order valence-electron chi connectivity index (χ4n) is 1.62. The minimum atomic E-state index is -0.195. The Kier molecular flexibility index (Phi) is 3.64. The van der Waals surface area contributed by atoms with Gasteiger partial charge < -0.3 is 5.73 Å². The summed E-state index contributed by atoms with van der Waals surface area (Å²) < 4.78 is 13.1. The molecule has 0 aromatic heterocycles. The highest BCUT2D eigenvalue weighted by Crippen LogP contribution is 2.20. The van der Waals surface area contributed by atoms with Crippen molar-refractivity contribution < 1.29 is 4.39 Å². The molecule has 78 valence electrons. The monoisotopic (exact) mass is 195 g/mol. The van der Waals surface area contributed by atoms with Gasteiger partial charge in [-0.05, 0) is 42.5 Å². The van der Waals surface area contributed by atoms with Crippen molar-refractivity contribution in [2.45, 2.75) is 33.2 Å². The molecule has 2 heteroatoms. The van der Waals surface area contributed by atoms with Crippen LogP contribution in [0.15, 0.2) is 18.2 Å². The average Bonchev–Trinajstić information content (AvgIpc) is 2.00. The van der Waals surface area contributed by atoms with Crippen molar-refractivity contribution >= 4 is 0 Å². The molecule has 0 radical (unpaired) electrons. The second-order valence-electron chi connectivity index (χ2n) is 4.30. The van der Waals surface area contributed by atoms with E-state index in [1.165, 1.54) is 12.1 Å². The molecule has 0 heterocycles. The average molecular weight is 195 g/mol. The van der Waals surface area contributed by atoms with Crippen molar-refractivity contribution in [3.63, 3.8) is 0 Å². The van der Waals surface area contributed by atoms with Crippen LogP contribution in [0.2, 0.25) is 0 Å². The smallest absolute Gasteiger partial charge is 0.123 e. The molecule has 0 aliphatic heterocycles. The summed E-state index contributed by atoms with van der Waals surface area (Å²) in [6, 6.07) is 4.95. The van der Waals surface area contributed by atoms with Crippen LogP contribution in [0.25, 0.3) is 0 Å². The van der Waals surface area contributed by atoms with E-state index in [4.69, 9.17) is 5.73 Å². The Morgan fingerprint density at radius 2 is 1.93 bits per heavy atom. The largest absolute Gasteiger partial charge is 0.324 e. The lowest BCUT2D eigenvalue weighted by molar-refractivity contribution is 0.507. The fraction of sp³-hybridized carbons (Fsp3) is 0.500. The lowest BCUT2D eigenvalue weighted by atomic mass is 9.97. The Morgan fingerprint density at radius 3 is 2.43 bits per heavy atom. The van der Waals surface area contributed by atoms with Gasteiger partial charge in [-0.1, -0.05) is 19.9 Å². The highest BCUT2D eigenvalue weighted by atomic mass is 19.1. The minimum Gasteiger partial charge on any atom is -0.324 e. The van der Waals surface area contributed by atoms with Crippen LogP contribution in [-0.4, -0.2) is 0 Å². The van der Waals surface area contributed by atoms with E-state index in [0.717, 1.165) is 17.5 Å². The zero-order valence-electron chi connectivity index (χ0n) is 9.05. The molecular weight excluding hydrogens is 177 g/mol. The Hall–Kier alpha value is -0.890. The van der Waals surface area contributed by atoms with Crippen molar-refractivity contribution in [3.8, 4) is 0 Å². The van der Waals surface area contributed by atoms with Crippen molar-refractivity contribution in [2.24, 2.45) is 11.7 Å². The molecule has 2 N–H and O–H groups in total. The summed E-state index contributed by atoms with van der Waals surface area (Å²) in [6.45, 7) is 6.12. The number of hydrogen-bond donors (Lipinski definition) is 1. The molecule has 14 heavy (non-hydrogen) atoms. The van der Waals surface area contributed by atoms with Crippen molar-refractivity contribution in [1.29, 1.82) is 0 Å². The van der Waals surface area contributed by atoms with E-state index >= 15 is 0 Å². The summed E-state index contributed by atoms with van der Waals surface area (Å²) in [5.41, 5.74) is 7.80. The number of rotatable bonds is 3. The molecule has 0 saturated heterocycles. The maximum Gasteiger partial charge on any atom is 0.123 e. The molecule has 0 amide bonds. The molecule has 0 aliphatic carbocycles. The fourth-order valence-corrected chi connectivity index (χ4v) is 1.62. The maximum absolute atomic E-state index is 13.1. The highest BCUT2D eigenvalue weighted by Gasteiger charge is 2.09. The van der Waals surface area contributed by atoms with E-state index in [9.17, 15) is 4.39 Å². The first-order valence-electron chi connectivity index (χ1n) is 5.01. The molecule has 1 atom stereocenters. The minimum absolute atomic E-state index is 0.0515. The molecule has 1 aromatic rings. The summed E-state index contributed by atoms with van der Waals surface area (Å²) in [5, 5.41) is 0. The van der Waals surface area contributed by atoms with E-state index in [-0.39, 0.29) is 11.9 Å². The first-order valence-corrected chi connectivity index (χ1v) is 5.01. The third-order valence-corrected chi connectivity index (χ3v) is 2.22. The van der Waals surface area contributed by atoms with Gasteiger partial charge in [0.2, 0.25) is 0 Å². The van der Waals surface area contributed by atoms with Gasteiger partial charge in [0.15, 0.2) is 0 Å².